The van der Waals surface area contributed by atoms with Gasteiger partial charge in [0.15, 0.2) is 11.6 Å². The molecule has 182 valence electrons. The van der Waals surface area contributed by atoms with Crippen molar-refractivity contribution in [3.63, 3.8) is 0 Å². The van der Waals surface area contributed by atoms with E-state index in [4.69, 9.17) is 0 Å². The molecule has 0 aliphatic heterocycles. The number of carbonyl (C=O) groups is 1. The van der Waals surface area contributed by atoms with Crippen molar-refractivity contribution in [1.82, 2.24) is 25.1 Å². The van der Waals surface area contributed by atoms with Crippen LogP contribution in [0.5, 0.6) is 5.75 Å². The van der Waals surface area contributed by atoms with Crippen LogP contribution in [0.2, 0.25) is 0 Å². The number of ether oxygens (including phenoxy) is 1. The molecule has 0 saturated carbocycles. The summed E-state index contributed by atoms with van der Waals surface area (Å²) >= 11 is 0. The van der Waals surface area contributed by atoms with Gasteiger partial charge in [0.1, 0.15) is 12.1 Å². The minimum absolute atomic E-state index is 0.000316. The van der Waals surface area contributed by atoms with Crippen LogP contribution < -0.4 is 10.1 Å². The number of alkyl halides is 3. The van der Waals surface area contributed by atoms with Crippen LogP contribution >= 0.6 is 0 Å². The smallest absolute Gasteiger partial charge is 0.406 e. The number of hydrogen-bond donors (Lipinski definition) is 1. The van der Waals surface area contributed by atoms with Gasteiger partial charge in [0.2, 0.25) is 0 Å². The van der Waals surface area contributed by atoms with Crippen molar-refractivity contribution in [3.05, 3.63) is 59.8 Å². The average Bonchev–Trinajstić information content (AvgIpc) is 3.22. The van der Waals surface area contributed by atoms with Crippen molar-refractivity contribution >= 4 is 21.3 Å². The Morgan fingerprint density at radius 3 is 2.62 bits per heavy atom. The molecule has 0 fully saturated rings. The van der Waals surface area contributed by atoms with Crippen molar-refractivity contribution in [2.24, 2.45) is 4.36 Å². The van der Waals surface area contributed by atoms with Crippen LogP contribution in [0.1, 0.15) is 41.6 Å². The zero-order valence-electron chi connectivity index (χ0n) is 18.8. The molecule has 1 amide bonds. The van der Waals surface area contributed by atoms with Crippen LogP contribution in [-0.2, 0) is 9.73 Å². The number of nitrogens with zero attached hydrogens (tertiary/aromatic N) is 5. The summed E-state index contributed by atoms with van der Waals surface area (Å²) in [6.07, 6.45) is -0.563. The topological polar surface area (TPSA) is 111 Å². The zero-order chi connectivity index (χ0) is 25.1. The van der Waals surface area contributed by atoms with E-state index in [-0.39, 0.29) is 5.56 Å². The van der Waals surface area contributed by atoms with Crippen molar-refractivity contribution in [1.29, 1.82) is 0 Å². The molecule has 0 radical (unpaired) electrons. The van der Waals surface area contributed by atoms with E-state index in [1.54, 1.807) is 39.2 Å². The van der Waals surface area contributed by atoms with Crippen molar-refractivity contribution in [2.75, 3.05) is 12.0 Å². The molecule has 1 N–H and O–H groups in total. The van der Waals surface area contributed by atoms with Gasteiger partial charge in [-0.1, -0.05) is 6.92 Å². The van der Waals surface area contributed by atoms with E-state index < -0.39 is 33.8 Å². The van der Waals surface area contributed by atoms with Gasteiger partial charge in [-0.05, 0) is 49.7 Å². The summed E-state index contributed by atoms with van der Waals surface area (Å²) < 4.78 is 59.4. The maximum absolute atomic E-state index is 12.7. The molecule has 0 bridgehead atoms. The van der Waals surface area contributed by atoms with Gasteiger partial charge in [-0.2, -0.15) is 14.1 Å². The normalized spacial score (nSPS) is 14.2. The monoisotopic (exact) mass is 496 g/mol. The molecule has 3 rings (SSSR count). The minimum atomic E-state index is -4.87. The average molecular weight is 497 g/mol. The standard InChI is InChI=1S/C21H23F3N6O3S/c1-5-34(4,32)29-16-6-7-18(25-11-16)30-19(26-12-27-30)14(3)28-20(31)15-8-13(2)9-17(10-15)33-21(22,23)24/h6-12,14H,5H2,1-4H3,(H,28,31)/t14-,34?/m0/s1. The first-order chi connectivity index (χ1) is 15.9. The van der Waals surface area contributed by atoms with Crippen LogP contribution in [0, 0.1) is 6.92 Å². The molecule has 0 saturated heterocycles. The zero-order valence-corrected chi connectivity index (χ0v) is 19.6. The Morgan fingerprint density at radius 2 is 2.00 bits per heavy atom. The molecule has 0 aliphatic rings. The maximum atomic E-state index is 12.7. The molecule has 2 atom stereocenters. The van der Waals surface area contributed by atoms with E-state index in [0.29, 0.717) is 28.6 Å². The highest BCUT2D eigenvalue weighted by Crippen LogP contribution is 2.25. The lowest BCUT2D eigenvalue weighted by Gasteiger charge is -2.16. The van der Waals surface area contributed by atoms with Crippen LogP contribution in [0.15, 0.2) is 47.2 Å². The Balaban J connectivity index is 1.80. The van der Waals surface area contributed by atoms with Gasteiger partial charge in [-0.15, -0.1) is 13.2 Å². The third-order valence-electron chi connectivity index (χ3n) is 4.64. The first kappa shape index (κ1) is 25.1. The second-order valence-electron chi connectivity index (χ2n) is 7.52. The van der Waals surface area contributed by atoms with Crippen molar-refractivity contribution in [3.8, 4) is 11.6 Å². The first-order valence-electron chi connectivity index (χ1n) is 10.1. The summed E-state index contributed by atoms with van der Waals surface area (Å²) in [5.74, 6) is 0.0459. The second-order valence-corrected chi connectivity index (χ2v) is 10.2. The van der Waals surface area contributed by atoms with Gasteiger partial charge in [0.25, 0.3) is 5.91 Å². The number of benzene rings is 1. The fourth-order valence-electron chi connectivity index (χ4n) is 2.98. The summed E-state index contributed by atoms with van der Waals surface area (Å²) in [5, 5.41) is 6.83. The number of hydrogen-bond acceptors (Lipinski definition) is 7. The fourth-order valence-corrected chi connectivity index (χ4v) is 3.67. The quantitative estimate of drug-likeness (QED) is 0.527. The molecule has 2 aromatic heterocycles. The number of carbonyl (C=O) groups excluding carboxylic acids is 1. The number of aryl methyl sites for hydroxylation is 1. The molecule has 1 unspecified atom stereocenters. The van der Waals surface area contributed by atoms with Gasteiger partial charge in [-0.25, -0.2) is 14.2 Å². The fraction of sp³-hybridized carbons (Fsp3) is 0.333. The summed E-state index contributed by atoms with van der Waals surface area (Å²) in [7, 11) is -2.34. The highest BCUT2D eigenvalue weighted by atomic mass is 32.2. The Bertz CT molecular complexity index is 1300. The van der Waals surface area contributed by atoms with Gasteiger partial charge >= 0.3 is 6.36 Å². The molecule has 1 aromatic carbocycles. The molecule has 9 nitrogen and oxygen atoms in total. The third-order valence-corrected chi connectivity index (χ3v) is 6.31. The summed E-state index contributed by atoms with van der Waals surface area (Å²) in [6.45, 7) is 4.99. The Labute approximate surface area is 194 Å². The van der Waals surface area contributed by atoms with Gasteiger partial charge in [0, 0.05) is 27.3 Å². The number of pyridine rings is 1. The highest BCUT2D eigenvalue weighted by molar-refractivity contribution is 7.93. The molecule has 3 aromatic rings. The molecule has 34 heavy (non-hydrogen) atoms. The van der Waals surface area contributed by atoms with E-state index in [0.717, 1.165) is 6.07 Å². The van der Waals surface area contributed by atoms with Crippen LogP contribution in [0.4, 0.5) is 18.9 Å². The molecule has 2 heterocycles. The van der Waals surface area contributed by atoms with Crippen LogP contribution in [0.3, 0.4) is 0 Å². The Morgan fingerprint density at radius 1 is 1.26 bits per heavy atom. The van der Waals surface area contributed by atoms with Gasteiger partial charge in [0.05, 0.1) is 17.9 Å². The van der Waals surface area contributed by atoms with Gasteiger partial charge < -0.3 is 10.1 Å². The SMILES string of the molecule is CCS(C)(=O)=Nc1ccc(-n2ncnc2[C@H](C)NC(=O)c2cc(C)cc(OC(F)(F)F)c2)nc1. The van der Waals surface area contributed by atoms with E-state index in [2.05, 4.69) is 29.5 Å². The van der Waals surface area contributed by atoms with E-state index in [1.807, 2.05) is 0 Å². The molecule has 13 heteroatoms. The van der Waals surface area contributed by atoms with Gasteiger partial charge in [-0.3, -0.25) is 4.79 Å². The van der Waals surface area contributed by atoms with Crippen molar-refractivity contribution in [2.45, 2.75) is 33.2 Å². The summed E-state index contributed by atoms with van der Waals surface area (Å²) in [4.78, 5) is 21.2. The largest absolute Gasteiger partial charge is 0.573 e. The lowest BCUT2D eigenvalue weighted by atomic mass is 10.1. The first-order valence-corrected chi connectivity index (χ1v) is 12.2. The number of rotatable bonds is 7. The van der Waals surface area contributed by atoms with E-state index in [9.17, 15) is 22.2 Å². The lowest BCUT2D eigenvalue weighted by molar-refractivity contribution is -0.274. The third kappa shape index (κ3) is 6.53. The second kappa shape index (κ2) is 9.79. The maximum Gasteiger partial charge on any atom is 0.573 e. The highest BCUT2D eigenvalue weighted by Gasteiger charge is 2.31. The summed E-state index contributed by atoms with van der Waals surface area (Å²) in [5.41, 5.74) is 0.884. The van der Waals surface area contributed by atoms with E-state index in [1.165, 1.54) is 29.3 Å². The summed E-state index contributed by atoms with van der Waals surface area (Å²) in [6, 6.07) is 6.25. The lowest BCUT2D eigenvalue weighted by Crippen LogP contribution is -2.29. The molecule has 0 spiro atoms. The number of halogens is 3. The van der Waals surface area contributed by atoms with E-state index >= 15 is 0 Å². The number of aromatic nitrogens is 4. The molecular weight excluding hydrogens is 473 g/mol. The Hall–Kier alpha value is -3.48. The number of nitrogens with one attached hydrogen (secondary N) is 1. The van der Waals surface area contributed by atoms with Crippen LogP contribution in [0.25, 0.3) is 5.82 Å². The predicted molar refractivity (Wildman–Crippen MR) is 120 cm³/mol. The predicted octanol–water partition coefficient (Wildman–Crippen LogP) is 4.11. The number of amides is 1. The Kier molecular flexibility index (Phi) is 7.24. The minimum Gasteiger partial charge on any atom is -0.406 e. The molecular formula is C21H23F3N6O3S. The van der Waals surface area contributed by atoms with Crippen LogP contribution in [-0.4, -0.2) is 48.2 Å². The molecule has 0 aliphatic carbocycles. The van der Waals surface area contributed by atoms with Crippen molar-refractivity contribution < 1.29 is 26.9 Å².